The first kappa shape index (κ1) is 15.0. The highest BCUT2D eigenvalue weighted by atomic mass is 32.2. The average Bonchev–Trinajstić information content (AvgIpc) is 2.19. The molecule has 0 aromatic carbocycles. The molecular formula is C9H19NO3S2. The van der Waals surface area contributed by atoms with E-state index in [9.17, 15) is 4.21 Å². The van der Waals surface area contributed by atoms with Gasteiger partial charge in [-0.15, -0.1) is 11.8 Å². The summed E-state index contributed by atoms with van der Waals surface area (Å²) in [5.74, 6) is 0. The first-order valence-corrected chi connectivity index (χ1v) is 7.26. The molecule has 0 amide bonds. The molecule has 0 bridgehead atoms. The Morgan fingerprint density at radius 3 is 2.33 bits per heavy atom. The molecule has 0 aromatic heterocycles. The van der Waals surface area contributed by atoms with Crippen molar-refractivity contribution < 1.29 is 13.7 Å². The van der Waals surface area contributed by atoms with E-state index in [-0.39, 0.29) is 6.29 Å². The Morgan fingerprint density at radius 2 is 2.00 bits per heavy atom. The third kappa shape index (κ3) is 5.55. The van der Waals surface area contributed by atoms with E-state index in [1.807, 2.05) is 6.26 Å². The van der Waals surface area contributed by atoms with Crippen molar-refractivity contribution in [2.75, 3.05) is 26.7 Å². The van der Waals surface area contributed by atoms with Gasteiger partial charge >= 0.3 is 0 Å². The fourth-order valence-electron chi connectivity index (χ4n) is 1.14. The number of nitrogens with two attached hydrogens (primary N) is 1. The normalized spacial score (nSPS) is 15.3. The summed E-state index contributed by atoms with van der Waals surface area (Å²) in [5, 5.41) is 0. The van der Waals surface area contributed by atoms with Crippen molar-refractivity contribution >= 4 is 22.6 Å². The maximum Gasteiger partial charge on any atom is 0.157 e. The van der Waals surface area contributed by atoms with Gasteiger partial charge in [-0.25, -0.2) is 0 Å². The molecule has 1 atom stereocenters. The van der Waals surface area contributed by atoms with Gasteiger partial charge in [-0.05, 0) is 12.7 Å². The van der Waals surface area contributed by atoms with Gasteiger partial charge in [-0.1, -0.05) is 0 Å². The number of ether oxygens (including phenoxy) is 2. The average molecular weight is 253 g/mol. The van der Waals surface area contributed by atoms with Crippen LogP contribution in [0.2, 0.25) is 0 Å². The largest absolute Gasteiger partial charge is 0.401 e. The molecule has 0 spiro atoms. The maximum absolute atomic E-state index is 11.3. The van der Waals surface area contributed by atoms with Crippen molar-refractivity contribution in [3.05, 3.63) is 9.93 Å². The highest BCUT2D eigenvalue weighted by Crippen LogP contribution is 2.20. The van der Waals surface area contributed by atoms with Crippen molar-refractivity contribution in [2.45, 2.75) is 19.1 Å². The van der Waals surface area contributed by atoms with Gasteiger partial charge in [0.05, 0.1) is 15.0 Å². The maximum atomic E-state index is 11.3. The molecular weight excluding hydrogens is 234 g/mol. The SMILES string of the molecule is COC(CCC(N)=C(SC)S(C)=O)OC. The van der Waals surface area contributed by atoms with E-state index in [0.717, 1.165) is 4.24 Å². The van der Waals surface area contributed by atoms with E-state index in [1.54, 1.807) is 20.5 Å². The smallest absolute Gasteiger partial charge is 0.157 e. The minimum Gasteiger partial charge on any atom is -0.401 e. The van der Waals surface area contributed by atoms with Crippen molar-refractivity contribution in [2.24, 2.45) is 5.73 Å². The summed E-state index contributed by atoms with van der Waals surface area (Å²) >= 11 is 1.43. The summed E-state index contributed by atoms with van der Waals surface area (Å²) in [7, 11) is 2.15. The van der Waals surface area contributed by atoms with Crippen LogP contribution in [0.3, 0.4) is 0 Å². The number of rotatable bonds is 7. The molecule has 4 nitrogen and oxygen atoms in total. The van der Waals surface area contributed by atoms with E-state index in [0.29, 0.717) is 18.5 Å². The van der Waals surface area contributed by atoms with Crippen LogP contribution in [0.25, 0.3) is 0 Å². The van der Waals surface area contributed by atoms with Crippen molar-refractivity contribution in [1.29, 1.82) is 0 Å². The zero-order chi connectivity index (χ0) is 11.8. The summed E-state index contributed by atoms with van der Waals surface area (Å²) in [6.07, 6.45) is 4.54. The zero-order valence-electron chi connectivity index (χ0n) is 9.61. The first-order valence-electron chi connectivity index (χ1n) is 4.48. The van der Waals surface area contributed by atoms with Crippen LogP contribution in [0.4, 0.5) is 0 Å². The van der Waals surface area contributed by atoms with Gasteiger partial charge in [0.15, 0.2) is 6.29 Å². The van der Waals surface area contributed by atoms with Crippen LogP contribution in [0.5, 0.6) is 0 Å². The standard InChI is InChI=1S/C9H19NO3S2/c1-12-8(13-2)6-5-7(10)9(14-3)15(4)11/h8H,5-6,10H2,1-4H3. The summed E-state index contributed by atoms with van der Waals surface area (Å²) in [6, 6.07) is 0. The monoisotopic (exact) mass is 253 g/mol. The summed E-state index contributed by atoms with van der Waals surface area (Å²) in [4.78, 5) is 0. The fraction of sp³-hybridized carbons (Fsp3) is 0.778. The quantitative estimate of drug-likeness (QED) is 0.692. The van der Waals surface area contributed by atoms with Crippen molar-refractivity contribution in [1.82, 2.24) is 0 Å². The van der Waals surface area contributed by atoms with Crippen LogP contribution in [0, 0.1) is 0 Å². The van der Waals surface area contributed by atoms with Crippen LogP contribution < -0.4 is 5.73 Å². The molecule has 0 aliphatic rings. The predicted octanol–water partition coefficient (Wildman–Crippen LogP) is 1.25. The third-order valence-corrected chi connectivity index (χ3v) is 4.51. The Labute approximate surface area is 98.0 Å². The van der Waals surface area contributed by atoms with Crippen molar-refractivity contribution in [3.8, 4) is 0 Å². The van der Waals surface area contributed by atoms with Gasteiger partial charge in [0, 0.05) is 32.6 Å². The Bertz CT molecular complexity index is 240. The molecule has 6 heteroatoms. The van der Waals surface area contributed by atoms with Crippen LogP contribution in [0.1, 0.15) is 12.8 Å². The molecule has 0 aliphatic heterocycles. The molecule has 90 valence electrons. The van der Waals surface area contributed by atoms with Crippen LogP contribution in [0.15, 0.2) is 9.93 Å². The summed E-state index contributed by atoms with van der Waals surface area (Å²) < 4.78 is 22.1. The third-order valence-electron chi connectivity index (χ3n) is 1.88. The Hall–Kier alpha value is -0.0400. The lowest BCUT2D eigenvalue weighted by atomic mass is 10.2. The molecule has 15 heavy (non-hydrogen) atoms. The molecule has 0 heterocycles. The lowest BCUT2D eigenvalue weighted by Crippen LogP contribution is -2.15. The Kier molecular flexibility index (Phi) is 8.13. The molecule has 1 unspecified atom stereocenters. The second-order valence-electron chi connectivity index (χ2n) is 2.91. The molecule has 0 rings (SSSR count). The number of allylic oxidation sites excluding steroid dienone is 1. The number of hydrogen-bond donors (Lipinski definition) is 1. The van der Waals surface area contributed by atoms with Crippen LogP contribution in [-0.2, 0) is 20.3 Å². The van der Waals surface area contributed by atoms with Crippen LogP contribution >= 0.6 is 11.8 Å². The summed E-state index contributed by atoms with van der Waals surface area (Å²) in [6.45, 7) is 0. The van der Waals surface area contributed by atoms with Crippen LogP contribution in [-0.4, -0.2) is 37.2 Å². The molecule has 0 saturated carbocycles. The molecule has 0 aromatic rings. The minimum atomic E-state index is -1.02. The number of hydrogen-bond acceptors (Lipinski definition) is 5. The highest BCUT2D eigenvalue weighted by Gasteiger charge is 2.10. The van der Waals surface area contributed by atoms with Gasteiger partial charge in [0.2, 0.25) is 0 Å². The molecule has 0 radical (unpaired) electrons. The number of thioether (sulfide) groups is 1. The minimum absolute atomic E-state index is 0.253. The topological polar surface area (TPSA) is 61.5 Å². The van der Waals surface area contributed by atoms with Crippen molar-refractivity contribution in [3.63, 3.8) is 0 Å². The second kappa shape index (κ2) is 8.15. The van der Waals surface area contributed by atoms with Gasteiger partial charge in [0.1, 0.15) is 0 Å². The molecule has 0 fully saturated rings. The van der Waals surface area contributed by atoms with Gasteiger partial charge in [-0.3, -0.25) is 4.21 Å². The van der Waals surface area contributed by atoms with E-state index < -0.39 is 10.8 Å². The highest BCUT2D eigenvalue weighted by molar-refractivity contribution is 8.15. The molecule has 0 saturated heterocycles. The van der Waals surface area contributed by atoms with Gasteiger partial charge in [-0.2, -0.15) is 0 Å². The Balaban J connectivity index is 4.32. The lowest BCUT2D eigenvalue weighted by molar-refractivity contribution is -0.105. The van der Waals surface area contributed by atoms with Gasteiger partial charge < -0.3 is 15.2 Å². The Morgan fingerprint density at radius 1 is 1.47 bits per heavy atom. The van der Waals surface area contributed by atoms with E-state index in [1.165, 1.54) is 11.8 Å². The second-order valence-corrected chi connectivity index (χ2v) is 5.30. The summed E-state index contributed by atoms with van der Waals surface area (Å²) in [5.41, 5.74) is 6.50. The van der Waals surface area contributed by atoms with Gasteiger partial charge in [0.25, 0.3) is 0 Å². The van der Waals surface area contributed by atoms with E-state index in [4.69, 9.17) is 15.2 Å². The molecule has 2 N–H and O–H groups in total. The number of methoxy groups -OCH3 is 2. The predicted molar refractivity (Wildman–Crippen MR) is 65.8 cm³/mol. The molecule has 0 aliphatic carbocycles. The fourth-order valence-corrected chi connectivity index (χ4v) is 2.91. The zero-order valence-corrected chi connectivity index (χ0v) is 11.2. The lowest BCUT2D eigenvalue weighted by Gasteiger charge is -2.14. The first-order chi connectivity index (χ1) is 7.06. The van der Waals surface area contributed by atoms with E-state index >= 15 is 0 Å². The van der Waals surface area contributed by atoms with E-state index in [2.05, 4.69) is 0 Å².